The van der Waals surface area contributed by atoms with Crippen molar-refractivity contribution < 1.29 is 27.0 Å². The van der Waals surface area contributed by atoms with E-state index in [1.165, 1.54) is 24.3 Å². The van der Waals surface area contributed by atoms with Gasteiger partial charge in [0.1, 0.15) is 0 Å². The number of hydrogen-bond donors (Lipinski definition) is 0. The van der Waals surface area contributed by atoms with E-state index in [0.717, 1.165) is 18.4 Å². The maximum Gasteiger partial charge on any atom is 0.167 e. The van der Waals surface area contributed by atoms with Gasteiger partial charge in [0.05, 0.1) is 6.61 Å². The number of aryl methyl sites for hydroxylation is 1. The Morgan fingerprint density at radius 2 is 1.49 bits per heavy atom. The zero-order valence-corrected chi connectivity index (χ0v) is 19.6. The summed E-state index contributed by atoms with van der Waals surface area (Å²) in [6.45, 7) is 6.67. The Hall–Kier alpha value is -2.96. The Morgan fingerprint density at radius 3 is 2.11 bits per heavy atom. The fourth-order valence-corrected chi connectivity index (χ4v) is 4.46. The van der Waals surface area contributed by atoms with Crippen LogP contribution in [0.25, 0.3) is 28.3 Å². The number of halogens is 4. The van der Waals surface area contributed by atoms with E-state index in [1.807, 2.05) is 6.92 Å². The van der Waals surface area contributed by atoms with E-state index < -0.39 is 23.3 Å². The van der Waals surface area contributed by atoms with Gasteiger partial charge in [-0.15, -0.1) is 0 Å². The van der Waals surface area contributed by atoms with Crippen LogP contribution in [0.3, 0.4) is 0 Å². The van der Waals surface area contributed by atoms with Gasteiger partial charge in [-0.1, -0.05) is 61.2 Å². The maximum atomic E-state index is 15.0. The van der Waals surface area contributed by atoms with Gasteiger partial charge in [0.25, 0.3) is 0 Å². The molecule has 0 aromatic heterocycles. The van der Waals surface area contributed by atoms with Crippen molar-refractivity contribution in [1.82, 2.24) is 0 Å². The zero-order chi connectivity index (χ0) is 24.9. The highest BCUT2D eigenvalue weighted by Gasteiger charge is 2.24. The third-order valence-corrected chi connectivity index (χ3v) is 6.50. The lowest BCUT2D eigenvalue weighted by molar-refractivity contribution is -0.173. The lowest BCUT2D eigenvalue weighted by Crippen LogP contribution is -2.28. The molecule has 0 amide bonds. The molecule has 1 aliphatic heterocycles. The van der Waals surface area contributed by atoms with Gasteiger partial charge in [0.15, 0.2) is 29.6 Å². The first-order chi connectivity index (χ1) is 16.9. The van der Waals surface area contributed by atoms with Crippen LogP contribution in [0.15, 0.2) is 55.1 Å². The molecule has 0 bridgehead atoms. The summed E-state index contributed by atoms with van der Waals surface area (Å²) in [6, 6.07) is 12.2. The first-order valence-electron chi connectivity index (χ1n) is 11.8. The van der Waals surface area contributed by atoms with Crippen LogP contribution in [-0.2, 0) is 15.9 Å². The number of rotatable bonds is 8. The van der Waals surface area contributed by atoms with E-state index in [4.69, 9.17) is 9.47 Å². The highest BCUT2D eigenvalue weighted by Crippen LogP contribution is 2.34. The van der Waals surface area contributed by atoms with E-state index in [9.17, 15) is 17.6 Å². The van der Waals surface area contributed by atoms with Crippen LogP contribution in [0.4, 0.5) is 17.6 Å². The molecule has 0 spiro atoms. The van der Waals surface area contributed by atoms with Crippen molar-refractivity contribution in [2.24, 2.45) is 5.92 Å². The van der Waals surface area contributed by atoms with Crippen LogP contribution >= 0.6 is 0 Å². The van der Waals surface area contributed by atoms with E-state index in [-0.39, 0.29) is 34.5 Å². The molecule has 3 aromatic rings. The Balaban J connectivity index is 1.51. The minimum absolute atomic E-state index is 0.0423. The van der Waals surface area contributed by atoms with Crippen LogP contribution in [0, 0.1) is 29.2 Å². The molecule has 2 unspecified atom stereocenters. The first kappa shape index (κ1) is 25.1. The van der Waals surface area contributed by atoms with Crippen LogP contribution < -0.4 is 0 Å². The molecule has 4 rings (SSSR count). The molecule has 2 nitrogen and oxygen atoms in total. The predicted octanol–water partition coefficient (Wildman–Crippen LogP) is 7.94. The molecule has 1 fully saturated rings. The summed E-state index contributed by atoms with van der Waals surface area (Å²) in [5.41, 5.74) is 0.935. The SMILES string of the molecule is C=Cc1ccc(-c2ccc(-c3ccc(CCC4CCC(OCC)OC4)c(F)c3F)c(F)c2F)cc1. The highest BCUT2D eigenvalue weighted by atomic mass is 19.2. The number of hydrogen-bond acceptors (Lipinski definition) is 2. The fourth-order valence-electron chi connectivity index (χ4n) is 4.46. The van der Waals surface area contributed by atoms with Gasteiger partial charge in [0, 0.05) is 23.3 Å². The lowest BCUT2D eigenvalue weighted by atomic mass is 9.92. The minimum Gasteiger partial charge on any atom is -0.353 e. The van der Waals surface area contributed by atoms with Crippen LogP contribution in [0.5, 0.6) is 0 Å². The average Bonchev–Trinajstić information content (AvgIpc) is 2.88. The summed E-state index contributed by atoms with van der Waals surface area (Å²) < 4.78 is 70.8. The second-order valence-corrected chi connectivity index (χ2v) is 8.72. The molecule has 6 heteroatoms. The highest BCUT2D eigenvalue weighted by molar-refractivity contribution is 5.73. The molecular formula is C29H28F4O2. The molecule has 0 radical (unpaired) electrons. The topological polar surface area (TPSA) is 18.5 Å². The van der Waals surface area contributed by atoms with Crippen molar-refractivity contribution in [1.29, 1.82) is 0 Å². The average molecular weight is 485 g/mol. The van der Waals surface area contributed by atoms with Gasteiger partial charge in [-0.25, -0.2) is 17.6 Å². The lowest BCUT2D eigenvalue weighted by Gasteiger charge is -2.28. The Morgan fingerprint density at radius 1 is 0.857 bits per heavy atom. The zero-order valence-electron chi connectivity index (χ0n) is 19.6. The fraction of sp³-hybridized carbons (Fsp3) is 0.310. The second-order valence-electron chi connectivity index (χ2n) is 8.72. The van der Waals surface area contributed by atoms with Crippen LogP contribution in [0.2, 0.25) is 0 Å². The molecule has 1 saturated heterocycles. The van der Waals surface area contributed by atoms with Gasteiger partial charge in [-0.2, -0.15) is 0 Å². The number of benzene rings is 3. The van der Waals surface area contributed by atoms with E-state index in [2.05, 4.69) is 6.58 Å². The van der Waals surface area contributed by atoms with E-state index in [0.29, 0.717) is 31.6 Å². The smallest absolute Gasteiger partial charge is 0.167 e. The van der Waals surface area contributed by atoms with Crippen molar-refractivity contribution in [3.63, 3.8) is 0 Å². The summed E-state index contributed by atoms with van der Waals surface area (Å²) in [7, 11) is 0. The Bertz CT molecular complexity index is 1180. The van der Waals surface area contributed by atoms with Crippen molar-refractivity contribution >= 4 is 6.08 Å². The summed E-state index contributed by atoms with van der Waals surface area (Å²) >= 11 is 0. The normalized spacial score (nSPS) is 18.0. The summed E-state index contributed by atoms with van der Waals surface area (Å²) in [5, 5.41) is 0. The third-order valence-electron chi connectivity index (χ3n) is 6.50. The maximum absolute atomic E-state index is 15.0. The molecule has 1 aliphatic rings. The van der Waals surface area contributed by atoms with Gasteiger partial charge in [-0.3, -0.25) is 0 Å². The van der Waals surface area contributed by atoms with Gasteiger partial charge < -0.3 is 9.47 Å². The molecule has 184 valence electrons. The Kier molecular flexibility index (Phi) is 8.04. The minimum atomic E-state index is -1.22. The molecular weight excluding hydrogens is 456 g/mol. The Labute approximate surface area is 203 Å². The molecule has 1 heterocycles. The van der Waals surface area contributed by atoms with Crippen molar-refractivity contribution in [2.75, 3.05) is 13.2 Å². The monoisotopic (exact) mass is 484 g/mol. The molecule has 2 atom stereocenters. The second kappa shape index (κ2) is 11.2. The van der Waals surface area contributed by atoms with Crippen LogP contribution in [-0.4, -0.2) is 19.5 Å². The van der Waals surface area contributed by atoms with Crippen molar-refractivity contribution in [3.8, 4) is 22.3 Å². The summed E-state index contributed by atoms with van der Waals surface area (Å²) in [4.78, 5) is 0. The predicted molar refractivity (Wildman–Crippen MR) is 130 cm³/mol. The van der Waals surface area contributed by atoms with Crippen molar-refractivity contribution in [3.05, 3.63) is 89.5 Å². The molecule has 0 saturated carbocycles. The molecule has 35 heavy (non-hydrogen) atoms. The van der Waals surface area contributed by atoms with E-state index in [1.54, 1.807) is 30.3 Å². The summed E-state index contributed by atoms with van der Waals surface area (Å²) in [5.74, 6) is -4.31. The molecule has 3 aromatic carbocycles. The van der Waals surface area contributed by atoms with Crippen molar-refractivity contribution in [2.45, 2.75) is 38.9 Å². The third kappa shape index (κ3) is 5.49. The molecule has 0 aliphatic carbocycles. The molecule has 0 N–H and O–H groups in total. The van der Waals surface area contributed by atoms with Gasteiger partial charge in [-0.05, 0) is 55.2 Å². The largest absolute Gasteiger partial charge is 0.353 e. The van der Waals surface area contributed by atoms with Crippen LogP contribution in [0.1, 0.15) is 37.3 Å². The van der Waals surface area contributed by atoms with Gasteiger partial charge >= 0.3 is 0 Å². The van der Waals surface area contributed by atoms with E-state index >= 15 is 0 Å². The summed E-state index contributed by atoms with van der Waals surface area (Å²) in [6.07, 6.45) is 4.07. The first-order valence-corrected chi connectivity index (χ1v) is 11.8. The standard InChI is InChI=1S/C29H28F4O2/c1-3-18-5-9-20(10-6-18)22-14-15-24(29(33)27(22)31)23-13-12-21(26(30)28(23)32)11-7-19-8-16-25(34-4-2)35-17-19/h3,5-6,9-10,12-15,19,25H,1,4,7-8,11,16-17H2,2H3. The number of ether oxygens (including phenoxy) is 2. The van der Waals surface area contributed by atoms with Gasteiger partial charge in [0.2, 0.25) is 0 Å². The quantitative estimate of drug-likeness (QED) is 0.302.